The van der Waals surface area contributed by atoms with E-state index >= 15 is 0 Å². The van der Waals surface area contributed by atoms with Gasteiger partial charge < -0.3 is 4.57 Å². The standard InChI is InChI=1S/C12H12Br2FN3/c1-7(2)18-11(6-13)16-17-12(18)9-4-3-8(14)5-10(9)15/h3-5,7H,6H2,1-2H3. The van der Waals surface area contributed by atoms with Gasteiger partial charge in [-0.25, -0.2) is 4.39 Å². The topological polar surface area (TPSA) is 30.7 Å². The maximum absolute atomic E-state index is 14.0. The van der Waals surface area contributed by atoms with E-state index in [9.17, 15) is 4.39 Å². The van der Waals surface area contributed by atoms with Gasteiger partial charge in [0.05, 0.1) is 10.9 Å². The van der Waals surface area contributed by atoms with Gasteiger partial charge in [-0.2, -0.15) is 0 Å². The number of alkyl halides is 1. The number of nitrogens with zero attached hydrogens (tertiary/aromatic N) is 3. The minimum absolute atomic E-state index is 0.172. The van der Waals surface area contributed by atoms with Crippen LogP contribution in [0.1, 0.15) is 25.7 Å². The highest BCUT2D eigenvalue weighted by Crippen LogP contribution is 2.27. The Kier molecular flexibility index (Phi) is 4.17. The molecule has 18 heavy (non-hydrogen) atoms. The van der Waals surface area contributed by atoms with Crippen LogP contribution in [0.25, 0.3) is 11.4 Å². The maximum atomic E-state index is 14.0. The average Bonchev–Trinajstić information content (AvgIpc) is 2.72. The molecule has 1 aromatic carbocycles. The molecule has 0 spiro atoms. The van der Waals surface area contributed by atoms with Crippen LogP contribution < -0.4 is 0 Å². The minimum atomic E-state index is -0.306. The van der Waals surface area contributed by atoms with Gasteiger partial charge in [-0.3, -0.25) is 0 Å². The van der Waals surface area contributed by atoms with Crippen LogP contribution in [-0.4, -0.2) is 14.8 Å². The number of hydrogen-bond donors (Lipinski definition) is 0. The molecule has 6 heteroatoms. The molecule has 0 aliphatic carbocycles. The quantitative estimate of drug-likeness (QED) is 0.746. The highest BCUT2D eigenvalue weighted by Gasteiger charge is 2.18. The molecule has 2 rings (SSSR count). The van der Waals surface area contributed by atoms with Gasteiger partial charge in [0.15, 0.2) is 5.82 Å². The Bertz CT molecular complexity index is 566. The molecule has 3 nitrogen and oxygen atoms in total. The first-order valence-electron chi connectivity index (χ1n) is 5.49. The lowest BCUT2D eigenvalue weighted by molar-refractivity contribution is 0.579. The van der Waals surface area contributed by atoms with Gasteiger partial charge >= 0.3 is 0 Å². The van der Waals surface area contributed by atoms with Gasteiger partial charge in [-0.1, -0.05) is 31.9 Å². The summed E-state index contributed by atoms with van der Waals surface area (Å²) in [4.78, 5) is 0. The Morgan fingerprint density at radius 2 is 2.06 bits per heavy atom. The summed E-state index contributed by atoms with van der Waals surface area (Å²) in [5.41, 5.74) is 0.464. The van der Waals surface area contributed by atoms with E-state index in [1.807, 2.05) is 18.4 Å². The third-order valence-electron chi connectivity index (χ3n) is 2.57. The van der Waals surface area contributed by atoms with E-state index in [0.29, 0.717) is 21.2 Å². The number of rotatable bonds is 3. The molecule has 0 saturated heterocycles. The summed E-state index contributed by atoms with van der Waals surface area (Å²) in [5.74, 6) is 1.05. The molecule has 0 aliphatic rings. The van der Waals surface area contributed by atoms with Crippen LogP contribution in [0.3, 0.4) is 0 Å². The minimum Gasteiger partial charge on any atom is -0.308 e. The van der Waals surface area contributed by atoms with Crippen molar-refractivity contribution in [2.24, 2.45) is 0 Å². The van der Waals surface area contributed by atoms with Gasteiger partial charge in [0.25, 0.3) is 0 Å². The van der Waals surface area contributed by atoms with Crippen LogP contribution in [0.15, 0.2) is 22.7 Å². The van der Waals surface area contributed by atoms with Crippen molar-refractivity contribution >= 4 is 31.9 Å². The number of aromatic nitrogens is 3. The second-order valence-electron chi connectivity index (χ2n) is 4.16. The van der Waals surface area contributed by atoms with Crippen molar-refractivity contribution in [3.63, 3.8) is 0 Å². The number of halogens is 3. The normalized spacial score (nSPS) is 11.2. The SMILES string of the molecule is CC(C)n1c(CBr)nnc1-c1ccc(Br)cc1F. The zero-order valence-corrected chi connectivity index (χ0v) is 13.2. The zero-order chi connectivity index (χ0) is 13.3. The fraction of sp³-hybridized carbons (Fsp3) is 0.333. The number of benzene rings is 1. The largest absolute Gasteiger partial charge is 0.308 e. The molecule has 0 amide bonds. The molecule has 96 valence electrons. The smallest absolute Gasteiger partial charge is 0.167 e. The summed E-state index contributed by atoms with van der Waals surface area (Å²) in [6, 6.07) is 5.11. The second-order valence-corrected chi connectivity index (χ2v) is 5.64. The molecule has 0 aliphatic heterocycles. The lowest BCUT2D eigenvalue weighted by Crippen LogP contribution is -2.07. The lowest BCUT2D eigenvalue weighted by Gasteiger charge is -2.13. The highest BCUT2D eigenvalue weighted by atomic mass is 79.9. The predicted octanol–water partition coefficient (Wildman–Crippen LogP) is 4.32. The van der Waals surface area contributed by atoms with E-state index in [1.54, 1.807) is 12.1 Å². The number of hydrogen-bond acceptors (Lipinski definition) is 2. The Balaban J connectivity index is 2.60. The van der Waals surface area contributed by atoms with Crippen LogP contribution in [0, 0.1) is 5.82 Å². The van der Waals surface area contributed by atoms with Crippen molar-refractivity contribution < 1.29 is 4.39 Å². The molecule has 0 bridgehead atoms. The predicted molar refractivity (Wildman–Crippen MR) is 76.1 cm³/mol. The van der Waals surface area contributed by atoms with Gasteiger partial charge in [0.2, 0.25) is 0 Å². The summed E-state index contributed by atoms with van der Waals surface area (Å²) in [7, 11) is 0. The highest BCUT2D eigenvalue weighted by molar-refractivity contribution is 9.10. The van der Waals surface area contributed by atoms with Crippen LogP contribution in [-0.2, 0) is 5.33 Å². The molecule has 0 saturated carbocycles. The maximum Gasteiger partial charge on any atom is 0.167 e. The summed E-state index contributed by atoms with van der Waals surface area (Å²) in [6.45, 7) is 4.05. The van der Waals surface area contributed by atoms with Gasteiger partial charge in [-0.15, -0.1) is 10.2 Å². The van der Waals surface area contributed by atoms with E-state index < -0.39 is 0 Å². The summed E-state index contributed by atoms with van der Waals surface area (Å²) in [6.07, 6.45) is 0. The van der Waals surface area contributed by atoms with Gasteiger partial charge in [0, 0.05) is 10.5 Å². The van der Waals surface area contributed by atoms with Crippen LogP contribution >= 0.6 is 31.9 Å². The monoisotopic (exact) mass is 375 g/mol. The molecule has 1 aromatic heterocycles. The molecule has 0 unspecified atom stereocenters. The Labute approximate surface area is 122 Å². The van der Waals surface area contributed by atoms with E-state index in [4.69, 9.17) is 0 Å². The first-order valence-corrected chi connectivity index (χ1v) is 7.41. The van der Waals surface area contributed by atoms with E-state index in [-0.39, 0.29) is 11.9 Å². The molecule has 0 N–H and O–H groups in total. The fourth-order valence-electron chi connectivity index (χ4n) is 1.81. The second kappa shape index (κ2) is 5.48. The van der Waals surface area contributed by atoms with Crippen molar-refractivity contribution in [1.82, 2.24) is 14.8 Å². The van der Waals surface area contributed by atoms with Crippen molar-refractivity contribution in [2.75, 3.05) is 0 Å². The average molecular weight is 377 g/mol. The van der Waals surface area contributed by atoms with E-state index in [1.165, 1.54) is 6.07 Å². The van der Waals surface area contributed by atoms with Crippen LogP contribution in [0.4, 0.5) is 4.39 Å². The molecule has 2 aromatic rings. The van der Waals surface area contributed by atoms with E-state index in [0.717, 1.165) is 5.82 Å². The fourth-order valence-corrected chi connectivity index (χ4v) is 2.53. The third-order valence-corrected chi connectivity index (χ3v) is 3.57. The molecular formula is C12H12Br2FN3. The zero-order valence-electron chi connectivity index (χ0n) is 9.99. The molecular weight excluding hydrogens is 365 g/mol. The van der Waals surface area contributed by atoms with Crippen molar-refractivity contribution in [2.45, 2.75) is 25.2 Å². The van der Waals surface area contributed by atoms with Gasteiger partial charge in [0.1, 0.15) is 11.6 Å². The molecule has 1 heterocycles. The van der Waals surface area contributed by atoms with E-state index in [2.05, 4.69) is 42.1 Å². The Morgan fingerprint density at radius 3 is 2.61 bits per heavy atom. The molecule has 0 radical (unpaired) electrons. The summed E-state index contributed by atoms with van der Waals surface area (Å²) < 4.78 is 16.6. The van der Waals surface area contributed by atoms with Gasteiger partial charge in [-0.05, 0) is 32.0 Å². The van der Waals surface area contributed by atoms with Crippen molar-refractivity contribution in [1.29, 1.82) is 0 Å². The van der Waals surface area contributed by atoms with Crippen LogP contribution in [0.5, 0.6) is 0 Å². The lowest BCUT2D eigenvalue weighted by atomic mass is 10.2. The first kappa shape index (κ1) is 13.7. The summed E-state index contributed by atoms with van der Waals surface area (Å²) in [5, 5.41) is 8.77. The Morgan fingerprint density at radius 1 is 1.33 bits per heavy atom. The Hall–Kier alpha value is -0.750. The molecule has 0 atom stereocenters. The van der Waals surface area contributed by atoms with Crippen molar-refractivity contribution in [3.8, 4) is 11.4 Å². The molecule has 0 fully saturated rings. The third kappa shape index (κ3) is 2.49. The first-order chi connectivity index (χ1) is 8.54. The van der Waals surface area contributed by atoms with Crippen molar-refractivity contribution in [3.05, 3.63) is 34.3 Å². The van der Waals surface area contributed by atoms with Crippen LogP contribution in [0.2, 0.25) is 0 Å². The summed E-state index contributed by atoms with van der Waals surface area (Å²) >= 11 is 6.61.